The number of aromatic carboxylic acids is 1. The Morgan fingerprint density at radius 2 is 2.31 bits per heavy atom. The fourth-order valence-electron chi connectivity index (χ4n) is 1.53. The normalized spacial score (nSPS) is 19.6. The van der Waals surface area contributed by atoms with Crippen LogP contribution in [0.15, 0.2) is 18.2 Å². The van der Waals surface area contributed by atoms with Gasteiger partial charge in [-0.3, -0.25) is 0 Å². The first kappa shape index (κ1) is 10.8. The van der Waals surface area contributed by atoms with Crippen LogP contribution < -0.4 is 4.74 Å². The Hall–Kier alpha value is -1.75. The van der Waals surface area contributed by atoms with Crippen LogP contribution in [0.4, 0.5) is 0 Å². The fraction of sp³-hybridized carbons (Fsp3) is 0.364. The van der Waals surface area contributed by atoms with Crippen molar-refractivity contribution >= 4 is 5.97 Å². The van der Waals surface area contributed by atoms with Crippen LogP contribution >= 0.6 is 0 Å². The molecule has 0 aromatic heterocycles. The number of phenols is 1. The predicted molar refractivity (Wildman–Crippen MR) is 54.9 cm³/mol. The van der Waals surface area contributed by atoms with Gasteiger partial charge in [-0.25, -0.2) is 4.79 Å². The van der Waals surface area contributed by atoms with Crippen LogP contribution in [0.5, 0.6) is 11.5 Å². The van der Waals surface area contributed by atoms with E-state index in [1.165, 1.54) is 18.2 Å². The Morgan fingerprint density at radius 1 is 1.50 bits per heavy atom. The lowest BCUT2D eigenvalue weighted by molar-refractivity contribution is 0.0696. The van der Waals surface area contributed by atoms with E-state index >= 15 is 0 Å². The Kier molecular flexibility index (Phi) is 2.96. The van der Waals surface area contributed by atoms with Gasteiger partial charge in [-0.2, -0.15) is 0 Å². The minimum Gasteiger partial charge on any atom is -0.504 e. The van der Waals surface area contributed by atoms with E-state index in [2.05, 4.69) is 0 Å². The molecule has 0 amide bonds. The summed E-state index contributed by atoms with van der Waals surface area (Å²) in [6, 6.07) is 3.96. The van der Waals surface area contributed by atoms with Gasteiger partial charge in [0.05, 0.1) is 18.8 Å². The highest BCUT2D eigenvalue weighted by molar-refractivity contribution is 5.88. The minimum absolute atomic E-state index is 0.0584. The Morgan fingerprint density at radius 3 is 2.94 bits per heavy atom. The van der Waals surface area contributed by atoms with Crippen LogP contribution in [0.25, 0.3) is 0 Å². The van der Waals surface area contributed by atoms with Crippen LogP contribution in [0, 0.1) is 0 Å². The third kappa shape index (κ3) is 2.25. The number of rotatable bonds is 3. The van der Waals surface area contributed by atoms with Crippen LogP contribution in [0.3, 0.4) is 0 Å². The van der Waals surface area contributed by atoms with Crippen molar-refractivity contribution in [1.29, 1.82) is 0 Å². The van der Waals surface area contributed by atoms with Gasteiger partial charge in [0.25, 0.3) is 0 Å². The number of ether oxygens (including phenoxy) is 2. The average molecular weight is 224 g/mol. The summed E-state index contributed by atoms with van der Waals surface area (Å²) in [6.45, 7) is 1.10. The van der Waals surface area contributed by atoms with Crippen molar-refractivity contribution in [3.63, 3.8) is 0 Å². The van der Waals surface area contributed by atoms with Gasteiger partial charge in [0.15, 0.2) is 11.5 Å². The lowest BCUT2D eigenvalue weighted by Crippen LogP contribution is -2.16. The summed E-state index contributed by atoms with van der Waals surface area (Å²) in [5, 5.41) is 18.3. The summed E-state index contributed by atoms with van der Waals surface area (Å²) in [4.78, 5) is 10.7. The molecule has 5 nitrogen and oxygen atoms in total. The van der Waals surface area contributed by atoms with E-state index in [4.69, 9.17) is 14.6 Å². The van der Waals surface area contributed by atoms with E-state index in [0.717, 1.165) is 6.42 Å². The van der Waals surface area contributed by atoms with Gasteiger partial charge in [0.1, 0.15) is 6.10 Å². The molecule has 2 N–H and O–H groups in total. The van der Waals surface area contributed by atoms with Crippen LogP contribution in [0.1, 0.15) is 16.8 Å². The monoisotopic (exact) mass is 224 g/mol. The highest BCUT2D eigenvalue weighted by Crippen LogP contribution is 2.29. The second-order valence-electron chi connectivity index (χ2n) is 3.59. The van der Waals surface area contributed by atoms with Crippen molar-refractivity contribution in [2.75, 3.05) is 13.2 Å². The zero-order valence-corrected chi connectivity index (χ0v) is 8.55. The van der Waals surface area contributed by atoms with Crippen molar-refractivity contribution in [3.05, 3.63) is 23.8 Å². The number of carbonyl (C=O) groups is 1. The van der Waals surface area contributed by atoms with Gasteiger partial charge >= 0.3 is 5.97 Å². The van der Waals surface area contributed by atoms with E-state index in [9.17, 15) is 9.90 Å². The quantitative estimate of drug-likeness (QED) is 0.808. The van der Waals surface area contributed by atoms with E-state index in [0.29, 0.717) is 13.2 Å². The first-order valence-electron chi connectivity index (χ1n) is 4.97. The molecule has 1 aliphatic heterocycles. The number of hydrogen-bond donors (Lipinski definition) is 2. The number of phenolic OH excluding ortho intramolecular Hbond substituents is 1. The van der Waals surface area contributed by atoms with E-state index in [1.807, 2.05) is 0 Å². The molecule has 0 aliphatic carbocycles. The van der Waals surface area contributed by atoms with Gasteiger partial charge in [0.2, 0.25) is 0 Å². The van der Waals surface area contributed by atoms with Crippen LogP contribution in [0.2, 0.25) is 0 Å². The van der Waals surface area contributed by atoms with Crippen LogP contribution in [-0.2, 0) is 4.74 Å². The first-order chi connectivity index (χ1) is 7.66. The standard InChI is InChI=1S/C11H12O5/c12-9-2-1-7(11(13)14)5-10(9)16-8-3-4-15-6-8/h1-2,5,8,12H,3-4,6H2,(H,13,14). The number of carboxylic acids is 1. The fourth-order valence-corrected chi connectivity index (χ4v) is 1.53. The molecule has 1 aliphatic rings. The van der Waals surface area contributed by atoms with Gasteiger partial charge in [-0.05, 0) is 18.2 Å². The third-order valence-electron chi connectivity index (χ3n) is 2.39. The SMILES string of the molecule is O=C(O)c1ccc(O)c(OC2CCOC2)c1. The summed E-state index contributed by atoms with van der Waals surface area (Å²) in [7, 11) is 0. The molecule has 86 valence electrons. The molecule has 1 atom stereocenters. The lowest BCUT2D eigenvalue weighted by atomic mass is 10.2. The molecule has 1 aromatic rings. The smallest absolute Gasteiger partial charge is 0.335 e. The molecule has 1 aromatic carbocycles. The maximum atomic E-state index is 10.7. The molecule has 1 saturated heterocycles. The zero-order chi connectivity index (χ0) is 11.5. The van der Waals surface area contributed by atoms with E-state index in [-0.39, 0.29) is 23.2 Å². The van der Waals surface area contributed by atoms with E-state index < -0.39 is 5.97 Å². The lowest BCUT2D eigenvalue weighted by Gasteiger charge is -2.13. The molecule has 1 unspecified atom stereocenters. The Balaban J connectivity index is 2.17. The topological polar surface area (TPSA) is 76.0 Å². The number of carboxylic acid groups (broad SMARTS) is 1. The molecular formula is C11H12O5. The number of aromatic hydroxyl groups is 1. The second-order valence-corrected chi connectivity index (χ2v) is 3.59. The molecule has 1 heterocycles. The van der Waals surface area contributed by atoms with Crippen molar-refractivity contribution in [1.82, 2.24) is 0 Å². The molecule has 0 bridgehead atoms. The summed E-state index contributed by atoms with van der Waals surface area (Å²) in [5.41, 5.74) is 0.0896. The maximum absolute atomic E-state index is 10.7. The Bertz CT molecular complexity index is 395. The zero-order valence-electron chi connectivity index (χ0n) is 8.55. The van der Waals surface area contributed by atoms with Crippen molar-refractivity contribution in [3.8, 4) is 11.5 Å². The molecule has 1 fully saturated rings. The highest BCUT2D eigenvalue weighted by Gasteiger charge is 2.19. The molecule has 2 rings (SSSR count). The molecule has 0 radical (unpaired) electrons. The third-order valence-corrected chi connectivity index (χ3v) is 2.39. The summed E-state index contributed by atoms with van der Waals surface area (Å²) in [6.07, 6.45) is 0.631. The van der Waals surface area contributed by atoms with Gasteiger partial charge in [-0.1, -0.05) is 0 Å². The number of hydrogen-bond acceptors (Lipinski definition) is 4. The minimum atomic E-state index is -1.05. The summed E-state index contributed by atoms with van der Waals surface area (Å²) < 4.78 is 10.6. The largest absolute Gasteiger partial charge is 0.504 e. The summed E-state index contributed by atoms with van der Waals surface area (Å²) >= 11 is 0. The molecular weight excluding hydrogens is 212 g/mol. The molecule has 0 saturated carbocycles. The molecule has 5 heteroatoms. The van der Waals surface area contributed by atoms with Gasteiger partial charge in [-0.15, -0.1) is 0 Å². The van der Waals surface area contributed by atoms with Crippen molar-refractivity contribution in [2.45, 2.75) is 12.5 Å². The van der Waals surface area contributed by atoms with Crippen molar-refractivity contribution < 1.29 is 24.5 Å². The highest BCUT2D eigenvalue weighted by atomic mass is 16.5. The van der Waals surface area contributed by atoms with Gasteiger partial charge in [0, 0.05) is 6.42 Å². The van der Waals surface area contributed by atoms with Gasteiger partial charge < -0.3 is 19.7 Å². The average Bonchev–Trinajstić information content (AvgIpc) is 2.73. The molecule has 16 heavy (non-hydrogen) atoms. The maximum Gasteiger partial charge on any atom is 0.335 e. The van der Waals surface area contributed by atoms with E-state index in [1.54, 1.807) is 0 Å². The van der Waals surface area contributed by atoms with Crippen molar-refractivity contribution in [2.24, 2.45) is 0 Å². The number of benzene rings is 1. The summed E-state index contributed by atoms with van der Waals surface area (Å²) in [5.74, 6) is -0.917. The predicted octanol–water partition coefficient (Wildman–Crippen LogP) is 1.26. The second kappa shape index (κ2) is 4.40. The molecule has 0 spiro atoms. The Labute approximate surface area is 92.2 Å². The van der Waals surface area contributed by atoms with Crippen LogP contribution in [-0.4, -0.2) is 35.5 Å². The first-order valence-corrected chi connectivity index (χ1v) is 4.97.